The lowest BCUT2D eigenvalue weighted by molar-refractivity contribution is 0.0950. The number of amides is 1. The Morgan fingerprint density at radius 2 is 1.93 bits per heavy atom. The number of aryl methyl sites for hydroxylation is 1. The van der Waals surface area contributed by atoms with Gasteiger partial charge in [0.25, 0.3) is 5.91 Å². The molecule has 4 rings (SSSR count). The monoisotopic (exact) mass is 393 g/mol. The standard InChI is InChI=1S/C21H23N5OS/c1-13-6-5-9-17(14(13)2)23-18-8-4-3-7-16(18)20(27)22-12-19-24-25-21(28)26(19)15-10-11-15/h3-9,15,23H,10-12H2,1-2H3,(H,22,27)(H,25,28). The predicted molar refractivity (Wildman–Crippen MR) is 112 cm³/mol. The third-order valence-corrected chi connectivity index (χ3v) is 5.43. The number of carbonyl (C=O) groups excluding carboxylic acids is 1. The van der Waals surface area contributed by atoms with E-state index in [1.54, 1.807) is 0 Å². The molecule has 28 heavy (non-hydrogen) atoms. The van der Waals surface area contributed by atoms with Gasteiger partial charge in [0, 0.05) is 11.7 Å². The molecular formula is C21H23N5OS. The van der Waals surface area contributed by atoms with Gasteiger partial charge in [0.15, 0.2) is 10.6 Å². The van der Waals surface area contributed by atoms with Crippen molar-refractivity contribution in [1.82, 2.24) is 20.1 Å². The fourth-order valence-electron chi connectivity index (χ4n) is 3.25. The van der Waals surface area contributed by atoms with Crippen LogP contribution in [0.25, 0.3) is 0 Å². The SMILES string of the molecule is Cc1cccc(Nc2ccccc2C(=O)NCc2n[nH]c(=S)n2C2CC2)c1C. The summed E-state index contributed by atoms with van der Waals surface area (Å²) in [6.07, 6.45) is 2.22. The summed E-state index contributed by atoms with van der Waals surface area (Å²) in [4.78, 5) is 12.9. The van der Waals surface area contributed by atoms with Crippen molar-refractivity contribution in [2.45, 2.75) is 39.3 Å². The number of anilines is 2. The molecule has 6 nitrogen and oxygen atoms in total. The van der Waals surface area contributed by atoms with Gasteiger partial charge in [0.1, 0.15) is 0 Å². The normalized spacial score (nSPS) is 13.4. The first kappa shape index (κ1) is 18.4. The third-order valence-electron chi connectivity index (χ3n) is 5.14. The smallest absolute Gasteiger partial charge is 0.253 e. The first-order valence-corrected chi connectivity index (χ1v) is 9.81. The number of para-hydroxylation sites is 1. The van der Waals surface area contributed by atoms with E-state index in [2.05, 4.69) is 40.7 Å². The molecule has 0 atom stereocenters. The Balaban J connectivity index is 1.52. The molecule has 0 radical (unpaired) electrons. The molecule has 1 fully saturated rings. The molecule has 1 aliphatic carbocycles. The van der Waals surface area contributed by atoms with Gasteiger partial charge in [0.2, 0.25) is 0 Å². The van der Waals surface area contributed by atoms with Crippen LogP contribution >= 0.6 is 12.2 Å². The number of aromatic nitrogens is 3. The Labute approximate surface area is 169 Å². The quantitative estimate of drug-likeness (QED) is 0.537. The van der Waals surface area contributed by atoms with Crippen LogP contribution in [0, 0.1) is 18.6 Å². The van der Waals surface area contributed by atoms with Gasteiger partial charge in [-0.1, -0.05) is 24.3 Å². The summed E-state index contributed by atoms with van der Waals surface area (Å²) >= 11 is 5.30. The van der Waals surface area contributed by atoms with Crippen LogP contribution in [0.4, 0.5) is 11.4 Å². The second-order valence-corrected chi connectivity index (χ2v) is 7.53. The number of nitrogens with zero attached hydrogens (tertiary/aromatic N) is 2. The maximum Gasteiger partial charge on any atom is 0.253 e. The van der Waals surface area contributed by atoms with E-state index in [9.17, 15) is 4.79 Å². The highest BCUT2D eigenvalue weighted by molar-refractivity contribution is 7.71. The van der Waals surface area contributed by atoms with Crippen LogP contribution in [0.2, 0.25) is 0 Å². The van der Waals surface area contributed by atoms with Crippen molar-refractivity contribution in [2.75, 3.05) is 5.32 Å². The molecule has 0 bridgehead atoms. The average Bonchev–Trinajstić information content (AvgIpc) is 3.46. The number of rotatable bonds is 6. The number of carbonyl (C=O) groups is 1. The van der Waals surface area contributed by atoms with Gasteiger partial charge in [-0.25, -0.2) is 0 Å². The first-order chi connectivity index (χ1) is 13.5. The number of hydrogen-bond donors (Lipinski definition) is 3. The molecule has 0 spiro atoms. The fraction of sp³-hybridized carbons (Fsp3) is 0.286. The molecular weight excluding hydrogens is 370 g/mol. The lowest BCUT2D eigenvalue weighted by Gasteiger charge is -2.15. The summed E-state index contributed by atoms with van der Waals surface area (Å²) in [5, 5.41) is 13.5. The zero-order chi connectivity index (χ0) is 19.7. The van der Waals surface area contributed by atoms with Crippen LogP contribution in [0.15, 0.2) is 42.5 Å². The van der Waals surface area contributed by atoms with E-state index in [-0.39, 0.29) is 5.91 Å². The summed E-state index contributed by atoms with van der Waals surface area (Å²) in [5.74, 6) is 0.616. The highest BCUT2D eigenvalue weighted by atomic mass is 32.1. The van der Waals surface area contributed by atoms with Gasteiger partial charge < -0.3 is 10.6 Å². The Kier molecular flexibility index (Phi) is 5.00. The second-order valence-electron chi connectivity index (χ2n) is 7.15. The molecule has 0 unspecified atom stereocenters. The van der Waals surface area contributed by atoms with Crippen LogP contribution in [-0.2, 0) is 6.54 Å². The lowest BCUT2D eigenvalue weighted by Crippen LogP contribution is -2.25. The van der Waals surface area contributed by atoms with Gasteiger partial charge in [0.05, 0.1) is 17.8 Å². The van der Waals surface area contributed by atoms with Crippen LogP contribution in [0.1, 0.15) is 46.2 Å². The van der Waals surface area contributed by atoms with Crippen molar-refractivity contribution in [1.29, 1.82) is 0 Å². The fourth-order valence-corrected chi connectivity index (χ4v) is 3.55. The molecule has 1 aromatic heterocycles. The molecule has 7 heteroatoms. The maximum atomic E-state index is 12.9. The number of hydrogen-bond acceptors (Lipinski definition) is 4. The van der Waals surface area contributed by atoms with Crippen LogP contribution in [0.3, 0.4) is 0 Å². The molecule has 1 amide bonds. The number of aromatic amines is 1. The van der Waals surface area contributed by atoms with Crippen molar-refractivity contribution in [3.8, 4) is 0 Å². The minimum absolute atomic E-state index is 0.148. The molecule has 0 saturated heterocycles. The van der Waals surface area contributed by atoms with Gasteiger partial charge in [-0.15, -0.1) is 0 Å². The van der Waals surface area contributed by atoms with Gasteiger partial charge >= 0.3 is 0 Å². The molecule has 2 aromatic carbocycles. The molecule has 0 aliphatic heterocycles. The highest BCUT2D eigenvalue weighted by Crippen LogP contribution is 2.35. The molecule has 1 aliphatic rings. The van der Waals surface area contributed by atoms with E-state index >= 15 is 0 Å². The van der Waals surface area contributed by atoms with E-state index in [1.807, 2.05) is 41.0 Å². The average molecular weight is 394 g/mol. The van der Waals surface area contributed by atoms with E-state index < -0.39 is 0 Å². The summed E-state index contributed by atoms with van der Waals surface area (Å²) in [7, 11) is 0. The van der Waals surface area contributed by atoms with Crippen LogP contribution in [0.5, 0.6) is 0 Å². The number of nitrogens with one attached hydrogen (secondary N) is 3. The number of H-pyrrole nitrogens is 1. The Morgan fingerprint density at radius 1 is 1.18 bits per heavy atom. The van der Waals surface area contributed by atoms with Gasteiger partial charge in [-0.3, -0.25) is 14.5 Å². The molecule has 1 saturated carbocycles. The van der Waals surface area contributed by atoms with Crippen LogP contribution in [-0.4, -0.2) is 20.7 Å². The second kappa shape index (κ2) is 7.59. The van der Waals surface area contributed by atoms with Gasteiger partial charge in [-0.05, 0) is 68.2 Å². The van der Waals surface area contributed by atoms with Crippen LogP contribution < -0.4 is 10.6 Å². The Hall–Kier alpha value is -2.93. The van der Waals surface area contributed by atoms with Crippen molar-refractivity contribution in [2.24, 2.45) is 0 Å². The number of benzene rings is 2. The topological polar surface area (TPSA) is 74.7 Å². The zero-order valence-electron chi connectivity index (χ0n) is 16.0. The molecule has 144 valence electrons. The largest absolute Gasteiger partial charge is 0.355 e. The third kappa shape index (κ3) is 3.71. The Bertz CT molecular complexity index is 1080. The van der Waals surface area contributed by atoms with E-state index in [0.717, 1.165) is 35.6 Å². The van der Waals surface area contributed by atoms with Crippen molar-refractivity contribution < 1.29 is 4.79 Å². The first-order valence-electron chi connectivity index (χ1n) is 9.41. The van der Waals surface area contributed by atoms with Crippen molar-refractivity contribution in [3.63, 3.8) is 0 Å². The molecule has 3 aromatic rings. The highest BCUT2D eigenvalue weighted by Gasteiger charge is 2.27. The van der Waals surface area contributed by atoms with E-state index in [4.69, 9.17) is 12.2 Å². The van der Waals surface area contributed by atoms with Crippen molar-refractivity contribution >= 4 is 29.5 Å². The maximum absolute atomic E-state index is 12.9. The molecule has 3 N–H and O–H groups in total. The summed E-state index contributed by atoms with van der Waals surface area (Å²) in [5.41, 5.74) is 4.73. The lowest BCUT2D eigenvalue weighted by atomic mass is 10.1. The minimum atomic E-state index is -0.148. The summed E-state index contributed by atoms with van der Waals surface area (Å²) in [6, 6.07) is 14.0. The summed E-state index contributed by atoms with van der Waals surface area (Å²) < 4.78 is 2.62. The summed E-state index contributed by atoms with van der Waals surface area (Å²) in [6.45, 7) is 4.48. The van der Waals surface area contributed by atoms with Gasteiger partial charge in [-0.2, -0.15) is 5.10 Å². The molecule has 1 heterocycles. The van der Waals surface area contributed by atoms with E-state index in [1.165, 1.54) is 5.56 Å². The predicted octanol–water partition coefficient (Wildman–Crippen LogP) is 4.57. The van der Waals surface area contributed by atoms with E-state index in [0.29, 0.717) is 22.9 Å². The minimum Gasteiger partial charge on any atom is -0.355 e. The van der Waals surface area contributed by atoms with Crippen molar-refractivity contribution in [3.05, 3.63) is 69.8 Å². The Morgan fingerprint density at radius 3 is 2.71 bits per heavy atom. The zero-order valence-corrected chi connectivity index (χ0v) is 16.8.